The Hall–Kier alpha value is -3.96. The van der Waals surface area contributed by atoms with Crippen LogP contribution in [-0.2, 0) is 6.54 Å². The Bertz CT molecular complexity index is 1140. The van der Waals surface area contributed by atoms with Crippen LogP contribution in [0.5, 0.6) is 0 Å². The van der Waals surface area contributed by atoms with Gasteiger partial charge in [0, 0.05) is 50.2 Å². The minimum absolute atomic E-state index is 0.181. The maximum atomic E-state index is 13.3. The van der Waals surface area contributed by atoms with Gasteiger partial charge in [-0.2, -0.15) is 0 Å². The van der Waals surface area contributed by atoms with E-state index in [4.69, 9.17) is 4.42 Å². The summed E-state index contributed by atoms with van der Waals surface area (Å²) in [5, 5.41) is 21.7. The summed E-state index contributed by atoms with van der Waals surface area (Å²) in [6.45, 7) is 1.67. The molecule has 0 radical (unpaired) electrons. The molecule has 1 aromatic carbocycles. The van der Waals surface area contributed by atoms with Crippen LogP contribution in [0.25, 0.3) is 11.5 Å². The normalized spacial score (nSPS) is 16.1. The SMILES string of the molecule is Fc1cc(F)cc(CNc2ncc(-c3nnc(N4CCC(c5c[nH]nn5)C4)o3)cn2)c1. The maximum absolute atomic E-state index is 13.3. The lowest BCUT2D eigenvalue weighted by atomic mass is 10.1. The van der Waals surface area contributed by atoms with E-state index < -0.39 is 11.6 Å². The highest BCUT2D eigenvalue weighted by Gasteiger charge is 2.29. The highest BCUT2D eigenvalue weighted by Crippen LogP contribution is 2.30. The number of benzene rings is 1. The molecule has 1 aliphatic heterocycles. The fourth-order valence-electron chi connectivity index (χ4n) is 3.47. The summed E-state index contributed by atoms with van der Waals surface area (Å²) in [5.74, 6) is -0.396. The van der Waals surface area contributed by atoms with E-state index in [0.717, 1.165) is 24.7 Å². The highest BCUT2D eigenvalue weighted by molar-refractivity contribution is 5.52. The molecule has 1 atom stereocenters. The van der Waals surface area contributed by atoms with Gasteiger partial charge < -0.3 is 14.6 Å². The van der Waals surface area contributed by atoms with Crippen LogP contribution >= 0.6 is 0 Å². The molecule has 2 N–H and O–H groups in total. The quantitative estimate of drug-likeness (QED) is 0.480. The zero-order chi connectivity index (χ0) is 21.2. The van der Waals surface area contributed by atoms with Crippen molar-refractivity contribution in [2.45, 2.75) is 18.9 Å². The van der Waals surface area contributed by atoms with Crippen molar-refractivity contribution < 1.29 is 13.2 Å². The van der Waals surface area contributed by atoms with Gasteiger partial charge in [-0.15, -0.1) is 10.2 Å². The van der Waals surface area contributed by atoms with Gasteiger partial charge in [-0.05, 0) is 24.1 Å². The lowest BCUT2D eigenvalue weighted by Crippen LogP contribution is -2.19. The third kappa shape index (κ3) is 4.17. The second-order valence-electron chi connectivity index (χ2n) is 7.15. The highest BCUT2D eigenvalue weighted by atomic mass is 19.1. The Morgan fingerprint density at radius 2 is 1.90 bits per heavy atom. The summed E-state index contributed by atoms with van der Waals surface area (Å²) in [6, 6.07) is 3.74. The molecule has 12 heteroatoms. The first-order valence-electron chi connectivity index (χ1n) is 9.60. The molecule has 1 unspecified atom stereocenters. The lowest BCUT2D eigenvalue weighted by Gasteiger charge is -2.11. The van der Waals surface area contributed by atoms with Crippen molar-refractivity contribution in [3.8, 4) is 11.5 Å². The van der Waals surface area contributed by atoms with Gasteiger partial charge in [0.2, 0.25) is 5.95 Å². The van der Waals surface area contributed by atoms with Crippen molar-refractivity contribution in [1.29, 1.82) is 0 Å². The van der Waals surface area contributed by atoms with E-state index in [1.165, 1.54) is 12.1 Å². The Labute approximate surface area is 174 Å². The molecule has 0 spiro atoms. The fourth-order valence-corrected chi connectivity index (χ4v) is 3.47. The Balaban J connectivity index is 1.22. The van der Waals surface area contributed by atoms with E-state index in [1.54, 1.807) is 18.6 Å². The number of aromatic nitrogens is 7. The number of H-pyrrole nitrogens is 1. The van der Waals surface area contributed by atoms with E-state index in [1.807, 2.05) is 4.90 Å². The molecule has 0 aliphatic carbocycles. The van der Waals surface area contributed by atoms with Crippen LogP contribution < -0.4 is 10.2 Å². The molecule has 0 saturated carbocycles. The number of hydrogen-bond donors (Lipinski definition) is 2. The van der Waals surface area contributed by atoms with Crippen LogP contribution in [-0.4, -0.2) is 48.7 Å². The third-order valence-corrected chi connectivity index (χ3v) is 5.00. The predicted molar refractivity (Wildman–Crippen MR) is 105 cm³/mol. The first-order chi connectivity index (χ1) is 15.1. The molecule has 4 aromatic rings. The number of anilines is 2. The van der Waals surface area contributed by atoms with Gasteiger partial charge >= 0.3 is 6.01 Å². The minimum Gasteiger partial charge on any atom is -0.403 e. The van der Waals surface area contributed by atoms with Crippen LogP contribution in [0.2, 0.25) is 0 Å². The molecule has 31 heavy (non-hydrogen) atoms. The topological polar surface area (TPSA) is 122 Å². The zero-order valence-corrected chi connectivity index (χ0v) is 16.2. The Morgan fingerprint density at radius 1 is 1.10 bits per heavy atom. The summed E-state index contributed by atoms with van der Waals surface area (Å²) >= 11 is 0. The number of halogens is 2. The Kier molecular flexibility index (Phi) is 4.94. The number of nitrogens with zero attached hydrogens (tertiary/aromatic N) is 7. The van der Waals surface area contributed by atoms with Crippen LogP contribution in [0.1, 0.15) is 23.6 Å². The largest absolute Gasteiger partial charge is 0.403 e. The van der Waals surface area contributed by atoms with E-state index in [9.17, 15) is 8.78 Å². The number of nitrogens with one attached hydrogen (secondary N) is 2. The van der Waals surface area contributed by atoms with Gasteiger partial charge in [-0.25, -0.2) is 18.7 Å². The fraction of sp³-hybridized carbons (Fsp3) is 0.263. The van der Waals surface area contributed by atoms with Crippen LogP contribution in [0.4, 0.5) is 20.7 Å². The summed E-state index contributed by atoms with van der Waals surface area (Å²) in [4.78, 5) is 10.4. The number of aromatic amines is 1. The molecule has 0 amide bonds. The number of rotatable bonds is 6. The molecule has 0 bridgehead atoms. The summed E-state index contributed by atoms with van der Waals surface area (Å²) in [5.41, 5.74) is 1.93. The summed E-state index contributed by atoms with van der Waals surface area (Å²) in [6.07, 6.45) is 5.80. The van der Waals surface area contributed by atoms with Gasteiger partial charge in [0.25, 0.3) is 5.89 Å². The van der Waals surface area contributed by atoms with Gasteiger partial charge in [-0.3, -0.25) is 5.10 Å². The van der Waals surface area contributed by atoms with Gasteiger partial charge in [0.1, 0.15) is 11.6 Å². The molecule has 158 valence electrons. The molecule has 5 rings (SSSR count). The van der Waals surface area contributed by atoms with E-state index in [2.05, 4.69) is 40.9 Å². The molecular weight excluding hydrogens is 408 g/mol. The average molecular weight is 425 g/mol. The average Bonchev–Trinajstić information content (AvgIpc) is 3.53. The van der Waals surface area contributed by atoms with E-state index >= 15 is 0 Å². The van der Waals surface area contributed by atoms with Crippen LogP contribution in [0.3, 0.4) is 0 Å². The first kappa shape index (κ1) is 19.0. The lowest BCUT2D eigenvalue weighted by molar-refractivity contribution is 0.555. The second-order valence-corrected chi connectivity index (χ2v) is 7.15. The van der Waals surface area contributed by atoms with Crippen LogP contribution in [0, 0.1) is 11.6 Å². The van der Waals surface area contributed by atoms with Crippen LogP contribution in [0.15, 0.2) is 41.2 Å². The maximum Gasteiger partial charge on any atom is 0.318 e. The monoisotopic (exact) mass is 425 g/mol. The molecule has 4 heterocycles. The minimum atomic E-state index is -0.634. The molecule has 1 fully saturated rings. The smallest absolute Gasteiger partial charge is 0.318 e. The molecule has 10 nitrogen and oxygen atoms in total. The standard InChI is InChI=1S/C19H17F2N9O/c20-14-3-11(4-15(21)5-14)6-22-18-23-7-13(8-24-18)17-27-28-19(31-17)30-2-1-12(10-30)16-9-25-29-26-16/h3-5,7-9,12H,1-2,6,10H2,(H,22,23,24)(H,25,26,29). The van der Waals surface area contributed by atoms with Crippen molar-refractivity contribution in [2.75, 3.05) is 23.3 Å². The Morgan fingerprint density at radius 3 is 2.65 bits per heavy atom. The van der Waals surface area contributed by atoms with Crippen molar-refractivity contribution in [2.24, 2.45) is 0 Å². The predicted octanol–water partition coefficient (Wildman–Crippen LogP) is 2.53. The van der Waals surface area contributed by atoms with Crippen molar-refractivity contribution in [3.63, 3.8) is 0 Å². The van der Waals surface area contributed by atoms with E-state index in [-0.39, 0.29) is 12.5 Å². The molecular formula is C19H17F2N9O. The molecule has 1 saturated heterocycles. The first-order valence-corrected chi connectivity index (χ1v) is 9.60. The number of hydrogen-bond acceptors (Lipinski definition) is 9. The second kappa shape index (κ2) is 8.05. The summed E-state index contributed by atoms with van der Waals surface area (Å²) in [7, 11) is 0. The van der Waals surface area contributed by atoms with Crippen molar-refractivity contribution >= 4 is 12.0 Å². The molecule has 3 aromatic heterocycles. The van der Waals surface area contributed by atoms with Crippen molar-refractivity contribution in [3.05, 3.63) is 59.7 Å². The van der Waals surface area contributed by atoms with Crippen molar-refractivity contribution in [1.82, 2.24) is 35.6 Å². The molecule has 1 aliphatic rings. The van der Waals surface area contributed by atoms with Gasteiger partial charge in [-0.1, -0.05) is 10.3 Å². The summed E-state index contributed by atoms with van der Waals surface area (Å²) < 4.78 is 32.3. The van der Waals surface area contributed by atoms with Gasteiger partial charge in [0.05, 0.1) is 11.3 Å². The van der Waals surface area contributed by atoms with E-state index in [0.29, 0.717) is 35.5 Å². The zero-order valence-electron chi connectivity index (χ0n) is 16.2. The third-order valence-electron chi connectivity index (χ3n) is 5.00. The van der Waals surface area contributed by atoms with Gasteiger partial charge in [0.15, 0.2) is 0 Å².